The molecule has 0 aliphatic heterocycles. The average Bonchev–Trinajstić information content (AvgIpc) is 2.47. The van der Waals surface area contributed by atoms with Gasteiger partial charge in [0.05, 0.1) is 18.1 Å². The number of methoxy groups -OCH3 is 1. The van der Waals surface area contributed by atoms with Crippen molar-refractivity contribution in [2.24, 2.45) is 5.73 Å². The molecule has 0 aromatic heterocycles. The maximum Gasteiger partial charge on any atom is 0.315 e. The molecule has 0 saturated heterocycles. The molecule has 2 N–H and O–H groups in total. The minimum absolute atomic E-state index is 0.139. The van der Waals surface area contributed by atoms with Crippen LogP contribution in [-0.4, -0.2) is 12.0 Å². The summed E-state index contributed by atoms with van der Waals surface area (Å²) in [5.41, 5.74) is 6.55. The Hall–Kier alpha value is -2.60. The molecule has 0 heterocycles. The van der Waals surface area contributed by atoms with Gasteiger partial charge in [-0.1, -0.05) is 12.1 Å². The number of nitro benzene ring substituents is 1. The second kappa shape index (κ2) is 6.23. The Morgan fingerprint density at radius 3 is 2.57 bits per heavy atom. The third kappa shape index (κ3) is 3.49. The highest BCUT2D eigenvalue weighted by atomic mass is 16.6. The molecule has 0 amide bonds. The summed E-state index contributed by atoms with van der Waals surface area (Å²) in [7, 11) is 1.45. The molecule has 1 atom stereocenters. The Balaban J connectivity index is 2.35. The van der Waals surface area contributed by atoms with Crippen LogP contribution in [0.15, 0.2) is 42.5 Å². The minimum Gasteiger partial charge on any atom is -0.496 e. The van der Waals surface area contributed by atoms with Crippen LogP contribution in [0.25, 0.3) is 0 Å². The van der Waals surface area contributed by atoms with Crippen LogP contribution in [0, 0.1) is 10.1 Å². The van der Waals surface area contributed by atoms with E-state index in [0.29, 0.717) is 11.5 Å². The summed E-state index contributed by atoms with van der Waals surface area (Å²) in [6.45, 7) is 1.86. The van der Waals surface area contributed by atoms with Crippen molar-refractivity contribution in [2.45, 2.75) is 13.0 Å². The van der Waals surface area contributed by atoms with Crippen LogP contribution in [0.1, 0.15) is 18.5 Å². The zero-order chi connectivity index (χ0) is 15.4. The Labute approximate surface area is 122 Å². The van der Waals surface area contributed by atoms with E-state index >= 15 is 0 Å². The standard InChI is InChI=1S/C15H16N2O4/c1-10(16)11-4-3-5-13(8-11)21-15-7-6-12(20-2)9-14(15)17(18)19/h3-10H,16H2,1-2H3. The van der Waals surface area contributed by atoms with Gasteiger partial charge in [0.2, 0.25) is 5.75 Å². The molecule has 6 heteroatoms. The molecule has 1 unspecified atom stereocenters. The van der Waals surface area contributed by atoms with Crippen LogP contribution < -0.4 is 15.2 Å². The van der Waals surface area contributed by atoms with Gasteiger partial charge < -0.3 is 15.2 Å². The van der Waals surface area contributed by atoms with E-state index in [2.05, 4.69) is 0 Å². The van der Waals surface area contributed by atoms with Crippen molar-refractivity contribution in [1.29, 1.82) is 0 Å². The van der Waals surface area contributed by atoms with Crippen LogP contribution in [0.3, 0.4) is 0 Å². The van der Waals surface area contributed by atoms with Gasteiger partial charge in [0, 0.05) is 6.04 Å². The number of benzene rings is 2. The fraction of sp³-hybridized carbons (Fsp3) is 0.200. The molecule has 0 saturated carbocycles. The zero-order valence-corrected chi connectivity index (χ0v) is 11.8. The molecule has 0 radical (unpaired) electrons. The summed E-state index contributed by atoms with van der Waals surface area (Å²) in [6, 6.07) is 11.5. The van der Waals surface area contributed by atoms with Crippen molar-refractivity contribution in [3.63, 3.8) is 0 Å². The number of hydrogen-bond acceptors (Lipinski definition) is 5. The summed E-state index contributed by atoms with van der Waals surface area (Å²) in [5.74, 6) is 1.05. The number of nitrogens with zero attached hydrogens (tertiary/aromatic N) is 1. The number of nitrogens with two attached hydrogens (primary N) is 1. The molecule has 2 rings (SSSR count). The second-order valence-corrected chi connectivity index (χ2v) is 4.55. The monoisotopic (exact) mass is 288 g/mol. The molecule has 110 valence electrons. The van der Waals surface area contributed by atoms with E-state index in [0.717, 1.165) is 5.56 Å². The lowest BCUT2D eigenvalue weighted by Gasteiger charge is -2.10. The third-order valence-corrected chi connectivity index (χ3v) is 2.97. The molecule has 0 fully saturated rings. The van der Waals surface area contributed by atoms with E-state index < -0.39 is 4.92 Å². The highest BCUT2D eigenvalue weighted by Gasteiger charge is 2.17. The first kappa shape index (κ1) is 14.8. The van der Waals surface area contributed by atoms with E-state index in [4.69, 9.17) is 15.2 Å². The Morgan fingerprint density at radius 1 is 1.19 bits per heavy atom. The van der Waals surface area contributed by atoms with E-state index in [9.17, 15) is 10.1 Å². The number of rotatable bonds is 5. The highest BCUT2D eigenvalue weighted by molar-refractivity contribution is 5.52. The van der Waals surface area contributed by atoms with Gasteiger partial charge >= 0.3 is 5.69 Å². The zero-order valence-electron chi connectivity index (χ0n) is 11.8. The van der Waals surface area contributed by atoms with Crippen molar-refractivity contribution < 1.29 is 14.4 Å². The molecule has 0 aliphatic rings. The molecule has 2 aromatic carbocycles. The summed E-state index contributed by atoms with van der Waals surface area (Å²) < 4.78 is 10.6. The van der Waals surface area contributed by atoms with Gasteiger partial charge in [-0.15, -0.1) is 0 Å². The minimum atomic E-state index is -0.507. The molecular formula is C15H16N2O4. The van der Waals surface area contributed by atoms with Gasteiger partial charge in [0.25, 0.3) is 0 Å². The lowest BCUT2D eigenvalue weighted by Crippen LogP contribution is -2.04. The van der Waals surface area contributed by atoms with Crippen LogP contribution in [0.5, 0.6) is 17.2 Å². The predicted molar refractivity (Wildman–Crippen MR) is 78.8 cm³/mol. The summed E-state index contributed by atoms with van der Waals surface area (Å²) in [5, 5.41) is 11.1. The molecular weight excluding hydrogens is 272 g/mol. The lowest BCUT2D eigenvalue weighted by molar-refractivity contribution is -0.385. The van der Waals surface area contributed by atoms with Gasteiger partial charge in [0.15, 0.2) is 0 Å². The van der Waals surface area contributed by atoms with Crippen LogP contribution in [0.2, 0.25) is 0 Å². The van der Waals surface area contributed by atoms with Crippen molar-refractivity contribution >= 4 is 5.69 Å². The molecule has 0 aliphatic carbocycles. The molecule has 0 spiro atoms. The Morgan fingerprint density at radius 2 is 1.95 bits per heavy atom. The van der Waals surface area contributed by atoms with Crippen LogP contribution in [0.4, 0.5) is 5.69 Å². The largest absolute Gasteiger partial charge is 0.496 e. The Kier molecular flexibility index (Phi) is 4.39. The maximum absolute atomic E-state index is 11.1. The molecule has 2 aromatic rings. The van der Waals surface area contributed by atoms with Crippen LogP contribution in [-0.2, 0) is 0 Å². The van der Waals surface area contributed by atoms with E-state index in [1.807, 2.05) is 13.0 Å². The third-order valence-electron chi connectivity index (χ3n) is 2.97. The number of hydrogen-bond donors (Lipinski definition) is 1. The fourth-order valence-corrected chi connectivity index (χ4v) is 1.84. The lowest BCUT2D eigenvalue weighted by atomic mass is 10.1. The van der Waals surface area contributed by atoms with E-state index in [1.165, 1.54) is 19.2 Å². The average molecular weight is 288 g/mol. The number of nitro groups is 1. The van der Waals surface area contributed by atoms with E-state index in [1.54, 1.807) is 24.3 Å². The smallest absolute Gasteiger partial charge is 0.315 e. The van der Waals surface area contributed by atoms with Gasteiger partial charge in [-0.3, -0.25) is 10.1 Å². The fourth-order valence-electron chi connectivity index (χ4n) is 1.84. The first-order valence-corrected chi connectivity index (χ1v) is 6.37. The Bertz CT molecular complexity index is 656. The van der Waals surface area contributed by atoms with Crippen LogP contribution >= 0.6 is 0 Å². The molecule has 21 heavy (non-hydrogen) atoms. The van der Waals surface area contributed by atoms with E-state index in [-0.39, 0.29) is 17.5 Å². The molecule has 0 bridgehead atoms. The van der Waals surface area contributed by atoms with Gasteiger partial charge in [-0.05, 0) is 36.8 Å². The van der Waals surface area contributed by atoms with Gasteiger partial charge in [-0.2, -0.15) is 0 Å². The van der Waals surface area contributed by atoms with Gasteiger partial charge in [-0.25, -0.2) is 0 Å². The summed E-state index contributed by atoms with van der Waals surface area (Å²) >= 11 is 0. The van der Waals surface area contributed by atoms with Crippen molar-refractivity contribution in [2.75, 3.05) is 7.11 Å². The predicted octanol–water partition coefficient (Wildman–Crippen LogP) is 3.42. The second-order valence-electron chi connectivity index (χ2n) is 4.55. The summed E-state index contributed by atoms with van der Waals surface area (Å²) in [6.07, 6.45) is 0. The number of ether oxygens (including phenoxy) is 2. The normalized spacial score (nSPS) is 11.8. The van der Waals surface area contributed by atoms with Crippen molar-refractivity contribution in [1.82, 2.24) is 0 Å². The topological polar surface area (TPSA) is 87.6 Å². The van der Waals surface area contributed by atoms with Crippen molar-refractivity contribution in [3.05, 3.63) is 58.1 Å². The molecule has 6 nitrogen and oxygen atoms in total. The quantitative estimate of drug-likeness (QED) is 0.672. The first-order valence-electron chi connectivity index (χ1n) is 6.37. The first-order chi connectivity index (χ1) is 10.0. The van der Waals surface area contributed by atoms with Gasteiger partial charge in [0.1, 0.15) is 11.5 Å². The maximum atomic E-state index is 11.1. The SMILES string of the molecule is COc1ccc(Oc2cccc(C(C)N)c2)c([N+](=O)[O-])c1. The van der Waals surface area contributed by atoms with Crippen molar-refractivity contribution in [3.8, 4) is 17.2 Å². The summed E-state index contributed by atoms with van der Waals surface area (Å²) in [4.78, 5) is 10.6. The highest BCUT2D eigenvalue weighted by Crippen LogP contribution is 2.34.